The smallest absolute Gasteiger partial charge is 0.255 e. The highest BCUT2D eigenvalue weighted by atomic mass is 19.1. The fourth-order valence-corrected chi connectivity index (χ4v) is 5.68. The number of aryl methyl sites for hydroxylation is 2. The third kappa shape index (κ3) is 2.90. The van der Waals surface area contributed by atoms with Gasteiger partial charge in [0.05, 0.1) is 22.6 Å². The molecule has 6 nitrogen and oxygen atoms in total. The van der Waals surface area contributed by atoms with E-state index in [2.05, 4.69) is 24.0 Å². The summed E-state index contributed by atoms with van der Waals surface area (Å²) in [7, 11) is 0. The maximum Gasteiger partial charge on any atom is 0.255 e. The molecule has 2 aliphatic rings. The van der Waals surface area contributed by atoms with Crippen molar-refractivity contribution in [2.24, 2.45) is 0 Å². The predicted molar refractivity (Wildman–Crippen MR) is 115 cm³/mol. The zero-order valence-corrected chi connectivity index (χ0v) is 18.3. The first-order valence-electron chi connectivity index (χ1n) is 10.7. The van der Waals surface area contributed by atoms with E-state index in [-0.39, 0.29) is 17.3 Å². The number of halogens is 1. The van der Waals surface area contributed by atoms with Gasteiger partial charge in [0.25, 0.3) is 5.91 Å². The maximum atomic E-state index is 13.9. The molecule has 2 aliphatic heterocycles. The third-order valence-electron chi connectivity index (χ3n) is 6.98. The molecule has 0 saturated carbocycles. The summed E-state index contributed by atoms with van der Waals surface area (Å²) in [6, 6.07) is 6.31. The van der Waals surface area contributed by atoms with E-state index in [1.54, 1.807) is 19.2 Å². The quantitative estimate of drug-likeness (QED) is 0.665. The number of hydrogen-bond donors (Lipinski definition) is 1. The molecule has 5 rings (SSSR count). The van der Waals surface area contributed by atoms with Crippen LogP contribution in [0.1, 0.15) is 66.1 Å². The summed E-state index contributed by atoms with van der Waals surface area (Å²) in [5.41, 5.74) is 3.97. The van der Waals surface area contributed by atoms with Crippen LogP contribution < -0.4 is 0 Å². The lowest BCUT2D eigenvalue weighted by molar-refractivity contribution is -0.0418. The van der Waals surface area contributed by atoms with Gasteiger partial charge in [0, 0.05) is 22.9 Å². The van der Waals surface area contributed by atoms with E-state index < -0.39 is 5.54 Å². The Morgan fingerprint density at radius 3 is 2.68 bits per heavy atom. The minimum atomic E-state index is -0.568. The van der Waals surface area contributed by atoms with Crippen molar-refractivity contribution in [1.82, 2.24) is 25.1 Å². The summed E-state index contributed by atoms with van der Waals surface area (Å²) in [4.78, 5) is 25.5. The van der Waals surface area contributed by atoms with Crippen LogP contribution in [0.5, 0.6) is 0 Å². The number of amides is 1. The van der Waals surface area contributed by atoms with Gasteiger partial charge >= 0.3 is 0 Å². The lowest BCUT2D eigenvalue weighted by Gasteiger charge is -2.59. The van der Waals surface area contributed by atoms with Gasteiger partial charge < -0.3 is 4.90 Å². The summed E-state index contributed by atoms with van der Waals surface area (Å²) in [6.45, 7) is 7.94. The highest BCUT2D eigenvalue weighted by Gasteiger charge is 2.56. The van der Waals surface area contributed by atoms with Crippen molar-refractivity contribution in [3.05, 3.63) is 64.5 Å². The second kappa shape index (κ2) is 6.70. The molecule has 1 fully saturated rings. The van der Waals surface area contributed by atoms with Gasteiger partial charge in [0.15, 0.2) is 0 Å². The van der Waals surface area contributed by atoms with Crippen molar-refractivity contribution in [1.29, 1.82) is 0 Å². The Kier molecular flexibility index (Phi) is 4.29. The van der Waals surface area contributed by atoms with Crippen molar-refractivity contribution < 1.29 is 9.18 Å². The van der Waals surface area contributed by atoms with E-state index in [1.807, 2.05) is 17.9 Å². The number of hydrogen-bond acceptors (Lipinski definition) is 4. The normalized spacial score (nSPS) is 24.7. The van der Waals surface area contributed by atoms with Crippen molar-refractivity contribution in [2.75, 3.05) is 0 Å². The first-order valence-corrected chi connectivity index (χ1v) is 10.7. The lowest BCUT2D eigenvalue weighted by atomic mass is 9.67. The number of nitrogens with zero attached hydrogens (tertiary/aromatic N) is 4. The Labute approximate surface area is 180 Å². The molecule has 0 spiro atoms. The molecule has 1 saturated heterocycles. The van der Waals surface area contributed by atoms with Crippen molar-refractivity contribution >= 4 is 5.91 Å². The van der Waals surface area contributed by atoms with E-state index >= 15 is 0 Å². The molecule has 4 heterocycles. The predicted octanol–water partition coefficient (Wildman–Crippen LogP) is 4.48. The fraction of sp³-hybridized carbons (Fsp3) is 0.417. The number of carbonyl (C=O) groups is 1. The van der Waals surface area contributed by atoms with Crippen LogP contribution in [0.25, 0.3) is 11.4 Å². The van der Waals surface area contributed by atoms with Crippen molar-refractivity contribution in [3.8, 4) is 11.4 Å². The van der Waals surface area contributed by atoms with Gasteiger partial charge in [-0.05, 0) is 83.2 Å². The first kappa shape index (κ1) is 19.8. The Hall–Kier alpha value is -3.09. The Balaban J connectivity index is 1.71. The summed E-state index contributed by atoms with van der Waals surface area (Å²) < 4.78 is 13.7. The van der Waals surface area contributed by atoms with Crippen LogP contribution in [0.15, 0.2) is 30.5 Å². The van der Waals surface area contributed by atoms with Crippen LogP contribution in [0.3, 0.4) is 0 Å². The number of aromatic nitrogens is 4. The van der Waals surface area contributed by atoms with E-state index in [0.29, 0.717) is 23.4 Å². The van der Waals surface area contributed by atoms with Crippen LogP contribution in [0.2, 0.25) is 0 Å². The molecular weight excluding hydrogens is 393 g/mol. The van der Waals surface area contributed by atoms with Crippen molar-refractivity contribution in [2.45, 2.75) is 64.5 Å². The SMILES string of the molecule is Cc1nc(-c2ccn[nH]2)c2c(n1)[C@]1(C)CCCC(C)(C2)N1C(=O)c1ccc(F)cc1C. The summed E-state index contributed by atoms with van der Waals surface area (Å²) in [6.07, 6.45) is 5.11. The van der Waals surface area contributed by atoms with Crippen LogP contribution in [-0.4, -0.2) is 36.5 Å². The number of fused-ring (bicyclic) bond motifs is 4. The van der Waals surface area contributed by atoms with Crippen LogP contribution >= 0.6 is 0 Å². The van der Waals surface area contributed by atoms with Crippen LogP contribution in [0, 0.1) is 19.7 Å². The Morgan fingerprint density at radius 1 is 1.16 bits per heavy atom. The molecule has 1 aromatic carbocycles. The van der Waals surface area contributed by atoms with Gasteiger partial charge in [-0.1, -0.05) is 0 Å². The summed E-state index contributed by atoms with van der Waals surface area (Å²) >= 11 is 0. The van der Waals surface area contributed by atoms with Crippen LogP contribution in [0.4, 0.5) is 4.39 Å². The molecule has 3 aromatic rings. The molecule has 0 aliphatic carbocycles. The highest BCUT2D eigenvalue weighted by Crippen LogP contribution is 2.52. The van der Waals surface area contributed by atoms with Gasteiger partial charge in [-0.2, -0.15) is 5.10 Å². The average Bonchev–Trinajstić information content (AvgIpc) is 3.22. The largest absolute Gasteiger partial charge is 0.322 e. The second-order valence-corrected chi connectivity index (χ2v) is 9.32. The standard InChI is InChI=1S/C24H26FN5O/c1-14-12-16(25)6-7-17(14)22(31)30-23(3)9-5-10-24(30,4)21-18(13-23)20(27-15(2)28-21)19-8-11-26-29-19/h6-8,11-12H,5,9-10,13H2,1-4H3,(H,26,29)/t23?,24-/m0/s1. The number of carbonyl (C=O) groups excluding carboxylic acids is 1. The molecule has 2 atom stereocenters. The third-order valence-corrected chi connectivity index (χ3v) is 6.98. The second-order valence-electron chi connectivity index (χ2n) is 9.32. The van der Waals surface area contributed by atoms with Crippen molar-refractivity contribution in [3.63, 3.8) is 0 Å². The molecule has 31 heavy (non-hydrogen) atoms. The Morgan fingerprint density at radius 2 is 1.97 bits per heavy atom. The van der Waals surface area contributed by atoms with Gasteiger partial charge in [0.1, 0.15) is 11.6 Å². The summed E-state index contributed by atoms with van der Waals surface area (Å²) in [5, 5.41) is 7.14. The molecule has 1 N–H and O–H groups in total. The number of H-pyrrole nitrogens is 1. The number of nitrogens with one attached hydrogen (secondary N) is 1. The van der Waals surface area contributed by atoms with E-state index in [1.165, 1.54) is 12.1 Å². The minimum Gasteiger partial charge on any atom is -0.322 e. The number of aromatic amines is 1. The van der Waals surface area contributed by atoms with E-state index in [9.17, 15) is 9.18 Å². The number of piperidine rings is 1. The molecule has 1 amide bonds. The molecule has 2 bridgehead atoms. The van der Waals surface area contributed by atoms with Gasteiger partial charge in [0.2, 0.25) is 0 Å². The monoisotopic (exact) mass is 419 g/mol. The first-order chi connectivity index (χ1) is 14.7. The van der Waals surface area contributed by atoms with E-state index in [4.69, 9.17) is 9.97 Å². The van der Waals surface area contributed by atoms with E-state index in [0.717, 1.165) is 41.9 Å². The molecule has 160 valence electrons. The zero-order valence-electron chi connectivity index (χ0n) is 18.3. The molecule has 0 radical (unpaired) electrons. The number of benzene rings is 1. The molecule has 7 heteroatoms. The average molecular weight is 420 g/mol. The topological polar surface area (TPSA) is 74.8 Å². The van der Waals surface area contributed by atoms with Crippen LogP contribution in [-0.2, 0) is 12.0 Å². The fourth-order valence-electron chi connectivity index (χ4n) is 5.68. The summed E-state index contributed by atoms with van der Waals surface area (Å²) in [5.74, 6) is 0.277. The lowest BCUT2D eigenvalue weighted by Crippen LogP contribution is -2.66. The maximum absolute atomic E-state index is 13.9. The minimum absolute atomic E-state index is 0.0628. The molecule has 1 unspecified atom stereocenters. The highest BCUT2D eigenvalue weighted by molar-refractivity contribution is 5.97. The Bertz CT molecular complexity index is 1190. The van der Waals surface area contributed by atoms with Gasteiger partial charge in [-0.25, -0.2) is 14.4 Å². The van der Waals surface area contributed by atoms with Gasteiger partial charge in [-0.15, -0.1) is 0 Å². The number of rotatable bonds is 2. The zero-order chi connectivity index (χ0) is 22.0. The van der Waals surface area contributed by atoms with Gasteiger partial charge in [-0.3, -0.25) is 9.89 Å². The molecular formula is C24H26FN5O. The molecule has 2 aromatic heterocycles.